The van der Waals surface area contributed by atoms with Crippen molar-refractivity contribution < 1.29 is 24.2 Å². The van der Waals surface area contributed by atoms with Crippen LogP contribution in [0.4, 0.5) is 0 Å². The summed E-state index contributed by atoms with van der Waals surface area (Å²) in [6.07, 6.45) is 3.96. The van der Waals surface area contributed by atoms with Gasteiger partial charge in [-0.3, -0.25) is 14.5 Å². The van der Waals surface area contributed by atoms with Crippen molar-refractivity contribution in [1.82, 2.24) is 4.90 Å². The molecule has 174 valence electrons. The zero-order valence-electron chi connectivity index (χ0n) is 18.1. The van der Waals surface area contributed by atoms with Crippen LogP contribution in [0.1, 0.15) is 36.8 Å². The third-order valence-corrected chi connectivity index (χ3v) is 6.57. The Kier molecular flexibility index (Phi) is 9.17. The number of thioether (sulfide) groups is 1. The van der Waals surface area contributed by atoms with Crippen LogP contribution in [-0.2, 0) is 16.2 Å². The Morgan fingerprint density at radius 1 is 1.15 bits per heavy atom. The molecule has 0 aromatic heterocycles. The van der Waals surface area contributed by atoms with Gasteiger partial charge in [0.05, 0.1) is 12.0 Å². The van der Waals surface area contributed by atoms with Gasteiger partial charge in [0.15, 0.2) is 11.5 Å². The molecule has 9 heteroatoms. The van der Waals surface area contributed by atoms with Crippen LogP contribution < -0.4 is 9.47 Å². The smallest absolute Gasteiger partial charge is 0.303 e. The predicted molar refractivity (Wildman–Crippen MR) is 135 cm³/mol. The van der Waals surface area contributed by atoms with Crippen LogP contribution in [0.25, 0.3) is 6.08 Å². The molecular formula is C24H24ClNO5S2. The van der Waals surface area contributed by atoms with Crippen molar-refractivity contribution in [2.45, 2.75) is 32.3 Å². The maximum absolute atomic E-state index is 12.8. The number of rotatable bonds is 11. The summed E-state index contributed by atoms with van der Waals surface area (Å²) in [6, 6.07) is 12.9. The number of nitrogens with zero attached hydrogens (tertiary/aromatic N) is 1. The van der Waals surface area contributed by atoms with E-state index in [0.717, 1.165) is 17.5 Å². The van der Waals surface area contributed by atoms with Crippen LogP contribution in [0.3, 0.4) is 0 Å². The van der Waals surface area contributed by atoms with Crippen molar-refractivity contribution in [3.63, 3.8) is 0 Å². The molecule has 1 saturated heterocycles. The van der Waals surface area contributed by atoms with Crippen LogP contribution in [0, 0.1) is 0 Å². The number of hydrogen-bond donors (Lipinski definition) is 1. The van der Waals surface area contributed by atoms with Crippen molar-refractivity contribution in [2.24, 2.45) is 0 Å². The van der Waals surface area contributed by atoms with Gasteiger partial charge in [0.25, 0.3) is 5.91 Å². The number of amides is 1. The van der Waals surface area contributed by atoms with Crippen LogP contribution in [0.2, 0.25) is 5.02 Å². The highest BCUT2D eigenvalue weighted by Gasteiger charge is 2.31. The van der Waals surface area contributed by atoms with Gasteiger partial charge in [-0.25, -0.2) is 0 Å². The quantitative estimate of drug-likeness (QED) is 0.236. The lowest BCUT2D eigenvalue weighted by molar-refractivity contribution is -0.137. The minimum absolute atomic E-state index is 0.134. The first kappa shape index (κ1) is 25.1. The Balaban J connectivity index is 1.62. The highest BCUT2D eigenvalue weighted by atomic mass is 35.5. The molecule has 0 radical (unpaired) electrons. The molecule has 1 fully saturated rings. The molecule has 2 aromatic rings. The zero-order chi connectivity index (χ0) is 23.8. The van der Waals surface area contributed by atoms with E-state index in [4.69, 9.17) is 38.4 Å². The van der Waals surface area contributed by atoms with E-state index in [-0.39, 0.29) is 12.3 Å². The Labute approximate surface area is 207 Å². The van der Waals surface area contributed by atoms with Gasteiger partial charge in [-0.1, -0.05) is 60.2 Å². The van der Waals surface area contributed by atoms with Gasteiger partial charge < -0.3 is 14.6 Å². The molecule has 1 aliphatic rings. The third-order valence-electron chi connectivity index (χ3n) is 4.94. The molecule has 3 rings (SSSR count). The number of halogens is 1. The molecule has 2 aromatic carbocycles. The number of aliphatic carboxylic acids is 1. The standard InChI is InChI=1S/C24H24ClNO5S2/c1-30-20-13-17(8-11-19(20)31-15-16-6-9-18(25)10-7-16)14-21-23(29)26(24(32)33-21)12-4-2-3-5-22(27)28/h6-11,13-14H,2-5,12,15H2,1H3,(H,27,28)/b21-14+. The summed E-state index contributed by atoms with van der Waals surface area (Å²) in [7, 11) is 1.57. The molecule has 0 unspecified atom stereocenters. The summed E-state index contributed by atoms with van der Waals surface area (Å²) >= 11 is 12.6. The van der Waals surface area contributed by atoms with Gasteiger partial charge in [0.2, 0.25) is 0 Å². The molecule has 0 saturated carbocycles. The first-order chi connectivity index (χ1) is 15.9. The highest BCUT2D eigenvalue weighted by Crippen LogP contribution is 2.35. The van der Waals surface area contributed by atoms with E-state index >= 15 is 0 Å². The fourth-order valence-electron chi connectivity index (χ4n) is 3.20. The van der Waals surface area contributed by atoms with Gasteiger partial charge >= 0.3 is 5.97 Å². The lowest BCUT2D eigenvalue weighted by Crippen LogP contribution is -2.29. The van der Waals surface area contributed by atoms with E-state index in [1.54, 1.807) is 18.1 Å². The summed E-state index contributed by atoms with van der Waals surface area (Å²) in [5.74, 6) is 0.218. The third kappa shape index (κ3) is 7.22. The largest absolute Gasteiger partial charge is 0.493 e. The average molecular weight is 506 g/mol. The fraction of sp³-hybridized carbons (Fsp3) is 0.292. The summed E-state index contributed by atoms with van der Waals surface area (Å²) in [6.45, 7) is 0.862. The molecule has 6 nitrogen and oxygen atoms in total. The Morgan fingerprint density at radius 3 is 2.61 bits per heavy atom. The van der Waals surface area contributed by atoms with Crippen molar-refractivity contribution in [1.29, 1.82) is 0 Å². The minimum atomic E-state index is -0.805. The number of carbonyl (C=O) groups excluding carboxylic acids is 1. The minimum Gasteiger partial charge on any atom is -0.493 e. The number of ether oxygens (including phenoxy) is 2. The molecule has 1 amide bonds. The second-order valence-corrected chi connectivity index (χ2v) is 9.48. The molecule has 0 aliphatic carbocycles. The number of benzene rings is 2. The van der Waals surface area contributed by atoms with E-state index in [2.05, 4.69) is 0 Å². The predicted octanol–water partition coefficient (Wildman–Crippen LogP) is 5.77. The monoisotopic (exact) mass is 505 g/mol. The number of carboxylic acid groups (broad SMARTS) is 1. The number of methoxy groups -OCH3 is 1. The van der Waals surface area contributed by atoms with E-state index in [0.29, 0.717) is 51.7 Å². The second kappa shape index (κ2) is 12.1. The maximum Gasteiger partial charge on any atom is 0.303 e. The molecule has 0 bridgehead atoms. The van der Waals surface area contributed by atoms with Crippen molar-refractivity contribution in [3.8, 4) is 11.5 Å². The van der Waals surface area contributed by atoms with Gasteiger partial charge in [0, 0.05) is 18.0 Å². The van der Waals surface area contributed by atoms with Crippen LogP contribution in [-0.4, -0.2) is 39.9 Å². The van der Waals surface area contributed by atoms with Crippen LogP contribution >= 0.6 is 35.6 Å². The number of unbranched alkanes of at least 4 members (excludes halogenated alkanes) is 2. The first-order valence-electron chi connectivity index (χ1n) is 10.4. The maximum atomic E-state index is 12.8. The van der Waals surface area contributed by atoms with E-state index in [1.807, 2.05) is 42.5 Å². The summed E-state index contributed by atoms with van der Waals surface area (Å²) in [5.41, 5.74) is 1.78. The van der Waals surface area contributed by atoms with Gasteiger partial charge in [-0.2, -0.15) is 0 Å². The molecular weight excluding hydrogens is 482 g/mol. The van der Waals surface area contributed by atoms with E-state index < -0.39 is 5.97 Å². The van der Waals surface area contributed by atoms with Gasteiger partial charge in [0.1, 0.15) is 10.9 Å². The number of hydrogen-bond acceptors (Lipinski definition) is 6. The van der Waals surface area contributed by atoms with Crippen molar-refractivity contribution in [3.05, 3.63) is 63.5 Å². The van der Waals surface area contributed by atoms with Crippen LogP contribution in [0.15, 0.2) is 47.4 Å². The van der Waals surface area contributed by atoms with E-state index in [9.17, 15) is 9.59 Å². The lowest BCUT2D eigenvalue weighted by Gasteiger charge is -2.14. The Morgan fingerprint density at radius 2 is 1.91 bits per heavy atom. The average Bonchev–Trinajstić information content (AvgIpc) is 3.05. The van der Waals surface area contributed by atoms with Gasteiger partial charge in [-0.05, 0) is 54.3 Å². The molecule has 0 atom stereocenters. The molecule has 0 spiro atoms. The first-order valence-corrected chi connectivity index (χ1v) is 12.0. The fourth-order valence-corrected chi connectivity index (χ4v) is 4.64. The van der Waals surface area contributed by atoms with Crippen molar-refractivity contribution in [2.75, 3.05) is 13.7 Å². The summed E-state index contributed by atoms with van der Waals surface area (Å²) in [5, 5.41) is 9.38. The molecule has 1 N–H and O–H groups in total. The van der Waals surface area contributed by atoms with Crippen molar-refractivity contribution >= 4 is 57.9 Å². The Bertz CT molecular complexity index is 1060. The number of thiocarbonyl (C=S) groups is 1. The Hall–Kier alpha value is -2.55. The SMILES string of the molecule is COc1cc(/C=C2/SC(=S)N(CCCCCC(=O)O)C2=O)ccc1OCc1ccc(Cl)cc1. The lowest BCUT2D eigenvalue weighted by atomic mass is 10.1. The second-order valence-electron chi connectivity index (χ2n) is 7.36. The zero-order valence-corrected chi connectivity index (χ0v) is 20.5. The van der Waals surface area contributed by atoms with Gasteiger partial charge in [-0.15, -0.1) is 0 Å². The molecule has 1 heterocycles. The number of carboxylic acids is 1. The number of carbonyl (C=O) groups is 2. The molecule has 33 heavy (non-hydrogen) atoms. The summed E-state index contributed by atoms with van der Waals surface area (Å²) < 4.78 is 11.9. The normalized spacial score (nSPS) is 14.7. The molecule has 1 aliphatic heterocycles. The highest BCUT2D eigenvalue weighted by molar-refractivity contribution is 8.26. The van der Waals surface area contributed by atoms with Crippen LogP contribution in [0.5, 0.6) is 11.5 Å². The van der Waals surface area contributed by atoms with E-state index in [1.165, 1.54) is 11.8 Å². The topological polar surface area (TPSA) is 76.1 Å². The summed E-state index contributed by atoms with van der Waals surface area (Å²) in [4.78, 5) is 25.5.